The minimum atomic E-state index is -0.249. The third-order valence-corrected chi connectivity index (χ3v) is 3.11. The highest BCUT2D eigenvalue weighted by Crippen LogP contribution is 2.14. The second kappa shape index (κ2) is 3.76. The fraction of sp³-hybridized carbons (Fsp3) is 0.333. The number of fused-ring (bicyclic) bond motifs is 1. The molecule has 1 aromatic carbocycles. The van der Waals surface area contributed by atoms with Crippen molar-refractivity contribution in [1.82, 2.24) is 9.66 Å². The van der Waals surface area contributed by atoms with Gasteiger partial charge in [0.2, 0.25) is 5.91 Å². The molecule has 1 N–H and O–H groups in total. The van der Waals surface area contributed by atoms with Crippen molar-refractivity contribution in [1.29, 1.82) is 0 Å². The molecule has 0 radical (unpaired) electrons. The molecule has 17 heavy (non-hydrogen) atoms. The van der Waals surface area contributed by atoms with Crippen LogP contribution in [0, 0.1) is 0 Å². The molecule has 1 aromatic heterocycles. The average molecular weight is 231 g/mol. The molecule has 88 valence electrons. The number of aromatic nitrogens is 2. The second-order valence-electron chi connectivity index (χ2n) is 4.23. The van der Waals surface area contributed by atoms with Gasteiger partial charge < -0.3 is 4.98 Å². The molecular formula is C12H13N3O2. The normalized spacial score (nSPS) is 16.7. The first kappa shape index (κ1) is 10.1. The number of imidazole rings is 1. The van der Waals surface area contributed by atoms with Gasteiger partial charge in [-0.15, -0.1) is 0 Å². The predicted octanol–water partition coefficient (Wildman–Crippen LogP) is 0.978. The van der Waals surface area contributed by atoms with Crippen molar-refractivity contribution in [3.05, 3.63) is 34.7 Å². The minimum absolute atomic E-state index is 0.0168. The Labute approximate surface area is 97.6 Å². The SMILES string of the molecule is O=C1CCCCN1n1c(=O)[nH]c2ccccc21. The maximum Gasteiger partial charge on any atom is 0.345 e. The second-order valence-corrected chi connectivity index (χ2v) is 4.23. The highest BCUT2D eigenvalue weighted by molar-refractivity contribution is 5.89. The molecule has 1 saturated heterocycles. The number of para-hydroxylation sites is 2. The third kappa shape index (κ3) is 1.54. The number of amides is 1. The first-order valence-corrected chi connectivity index (χ1v) is 5.78. The van der Waals surface area contributed by atoms with Gasteiger partial charge >= 0.3 is 5.69 Å². The minimum Gasteiger partial charge on any atom is -0.304 e. The summed E-state index contributed by atoms with van der Waals surface area (Å²) in [4.78, 5) is 26.5. The van der Waals surface area contributed by atoms with Gasteiger partial charge in [0, 0.05) is 13.0 Å². The summed E-state index contributed by atoms with van der Waals surface area (Å²) in [6.45, 7) is 0.612. The molecule has 5 nitrogen and oxygen atoms in total. The Morgan fingerprint density at radius 2 is 1.94 bits per heavy atom. The highest BCUT2D eigenvalue weighted by Gasteiger charge is 2.22. The molecule has 1 amide bonds. The van der Waals surface area contributed by atoms with E-state index < -0.39 is 0 Å². The van der Waals surface area contributed by atoms with Crippen LogP contribution in [0.4, 0.5) is 0 Å². The van der Waals surface area contributed by atoms with Gasteiger partial charge in [-0.05, 0) is 25.0 Å². The number of H-pyrrole nitrogens is 1. The topological polar surface area (TPSA) is 58.1 Å². The van der Waals surface area contributed by atoms with Crippen LogP contribution in [0.3, 0.4) is 0 Å². The van der Waals surface area contributed by atoms with Crippen LogP contribution in [-0.4, -0.2) is 22.1 Å². The van der Waals surface area contributed by atoms with Crippen molar-refractivity contribution in [3.63, 3.8) is 0 Å². The van der Waals surface area contributed by atoms with Crippen molar-refractivity contribution in [2.75, 3.05) is 11.6 Å². The van der Waals surface area contributed by atoms with Crippen LogP contribution in [0.25, 0.3) is 11.0 Å². The van der Waals surface area contributed by atoms with E-state index in [9.17, 15) is 9.59 Å². The van der Waals surface area contributed by atoms with Crippen LogP contribution in [0.5, 0.6) is 0 Å². The Morgan fingerprint density at radius 3 is 2.76 bits per heavy atom. The molecule has 0 saturated carbocycles. The first-order chi connectivity index (χ1) is 8.27. The number of benzene rings is 1. The molecule has 0 unspecified atom stereocenters. The summed E-state index contributed by atoms with van der Waals surface area (Å²) in [5, 5.41) is 1.55. The average Bonchev–Trinajstić information content (AvgIpc) is 2.66. The van der Waals surface area contributed by atoms with Gasteiger partial charge in [-0.3, -0.25) is 4.79 Å². The molecule has 5 heteroatoms. The maximum absolute atomic E-state index is 11.9. The van der Waals surface area contributed by atoms with Crippen molar-refractivity contribution >= 4 is 16.9 Å². The summed E-state index contributed by atoms with van der Waals surface area (Å²) >= 11 is 0. The fourth-order valence-corrected chi connectivity index (χ4v) is 2.28. The molecule has 3 rings (SSSR count). The van der Waals surface area contributed by atoms with Gasteiger partial charge in [0.05, 0.1) is 11.0 Å². The molecule has 0 bridgehead atoms. The smallest absolute Gasteiger partial charge is 0.304 e. The zero-order chi connectivity index (χ0) is 11.8. The Kier molecular flexibility index (Phi) is 2.24. The molecule has 2 heterocycles. The predicted molar refractivity (Wildman–Crippen MR) is 64.5 cm³/mol. The molecule has 2 aromatic rings. The summed E-state index contributed by atoms with van der Waals surface area (Å²) < 4.78 is 1.46. The van der Waals surface area contributed by atoms with E-state index in [-0.39, 0.29) is 11.6 Å². The molecular weight excluding hydrogens is 218 g/mol. The fourth-order valence-electron chi connectivity index (χ4n) is 2.28. The number of carbonyl (C=O) groups excluding carboxylic acids is 1. The summed E-state index contributed by atoms with van der Waals surface area (Å²) in [6, 6.07) is 7.40. The molecule has 1 aliphatic heterocycles. The van der Waals surface area contributed by atoms with Gasteiger partial charge in [0.1, 0.15) is 0 Å². The zero-order valence-electron chi connectivity index (χ0n) is 9.35. The molecule has 1 fully saturated rings. The van der Waals surface area contributed by atoms with Crippen LogP contribution in [0.15, 0.2) is 29.1 Å². The first-order valence-electron chi connectivity index (χ1n) is 5.78. The van der Waals surface area contributed by atoms with E-state index in [1.807, 2.05) is 24.3 Å². The monoisotopic (exact) mass is 231 g/mol. The number of nitrogens with one attached hydrogen (secondary N) is 1. The van der Waals surface area contributed by atoms with E-state index in [0.29, 0.717) is 13.0 Å². The van der Waals surface area contributed by atoms with Crippen LogP contribution in [0.2, 0.25) is 0 Å². The summed E-state index contributed by atoms with van der Waals surface area (Å²) in [6.07, 6.45) is 2.37. The largest absolute Gasteiger partial charge is 0.345 e. The Bertz CT molecular complexity index is 626. The lowest BCUT2D eigenvalue weighted by atomic mass is 10.1. The summed E-state index contributed by atoms with van der Waals surface area (Å²) in [7, 11) is 0. The van der Waals surface area contributed by atoms with Gasteiger partial charge in [-0.2, -0.15) is 4.68 Å². The quantitative estimate of drug-likeness (QED) is 0.795. The number of carbonyl (C=O) groups is 1. The van der Waals surface area contributed by atoms with E-state index in [2.05, 4.69) is 4.98 Å². The lowest BCUT2D eigenvalue weighted by Crippen LogP contribution is -2.48. The van der Waals surface area contributed by atoms with Gasteiger partial charge in [-0.1, -0.05) is 12.1 Å². The van der Waals surface area contributed by atoms with E-state index >= 15 is 0 Å². The third-order valence-electron chi connectivity index (χ3n) is 3.11. The van der Waals surface area contributed by atoms with Crippen LogP contribution >= 0.6 is 0 Å². The summed E-state index contributed by atoms with van der Waals surface area (Å²) in [5.41, 5.74) is 1.27. The molecule has 0 atom stereocenters. The number of nitrogens with zero attached hydrogens (tertiary/aromatic N) is 2. The number of piperidine rings is 1. The molecule has 0 aliphatic carbocycles. The number of aromatic amines is 1. The lowest BCUT2D eigenvalue weighted by Gasteiger charge is -2.26. The Balaban J connectivity index is 2.19. The van der Waals surface area contributed by atoms with Gasteiger partial charge in [0.25, 0.3) is 0 Å². The van der Waals surface area contributed by atoms with Gasteiger partial charge in [0.15, 0.2) is 0 Å². The number of hydrogen-bond acceptors (Lipinski definition) is 2. The molecule has 1 aliphatic rings. The molecule has 0 spiro atoms. The van der Waals surface area contributed by atoms with Crippen molar-refractivity contribution in [2.24, 2.45) is 0 Å². The Hall–Kier alpha value is -2.04. The highest BCUT2D eigenvalue weighted by atomic mass is 16.2. The number of rotatable bonds is 1. The van der Waals surface area contributed by atoms with E-state index in [0.717, 1.165) is 23.9 Å². The lowest BCUT2D eigenvalue weighted by molar-refractivity contribution is -0.121. The summed E-state index contributed by atoms with van der Waals surface area (Å²) in [5.74, 6) is 0.0168. The standard InChI is InChI=1S/C12H13N3O2/c16-11-7-3-4-8-14(11)15-10-6-2-1-5-9(10)13-12(15)17/h1-2,5-6H,3-4,7-8H2,(H,13,17). The van der Waals surface area contributed by atoms with Crippen molar-refractivity contribution in [3.8, 4) is 0 Å². The van der Waals surface area contributed by atoms with Crippen LogP contribution in [-0.2, 0) is 4.79 Å². The van der Waals surface area contributed by atoms with Crippen LogP contribution < -0.4 is 10.7 Å². The Morgan fingerprint density at radius 1 is 1.12 bits per heavy atom. The van der Waals surface area contributed by atoms with Gasteiger partial charge in [-0.25, -0.2) is 9.80 Å². The van der Waals surface area contributed by atoms with E-state index in [4.69, 9.17) is 0 Å². The zero-order valence-corrected chi connectivity index (χ0v) is 9.35. The maximum atomic E-state index is 11.9. The van der Waals surface area contributed by atoms with Crippen molar-refractivity contribution < 1.29 is 4.79 Å². The van der Waals surface area contributed by atoms with Crippen molar-refractivity contribution in [2.45, 2.75) is 19.3 Å². The van der Waals surface area contributed by atoms with E-state index in [1.54, 1.807) is 5.01 Å². The number of hydrogen-bond donors (Lipinski definition) is 1. The van der Waals surface area contributed by atoms with E-state index in [1.165, 1.54) is 4.68 Å². The van der Waals surface area contributed by atoms with Crippen LogP contribution in [0.1, 0.15) is 19.3 Å².